The first-order valence-electron chi connectivity index (χ1n) is 6.56. The first kappa shape index (κ1) is 12.8. The van der Waals surface area contributed by atoms with E-state index in [4.69, 9.17) is 5.26 Å². The topological polar surface area (TPSA) is 43.2 Å². The fourth-order valence-corrected chi connectivity index (χ4v) is 2.48. The molecule has 1 aliphatic rings. The van der Waals surface area contributed by atoms with Crippen molar-refractivity contribution in [2.45, 2.75) is 26.3 Å². The average Bonchev–Trinajstić information content (AvgIpc) is 2.42. The quantitative estimate of drug-likeness (QED) is 0.813. The van der Waals surface area contributed by atoms with Gasteiger partial charge >= 0.3 is 0 Å². The van der Waals surface area contributed by atoms with Crippen LogP contribution in [0.15, 0.2) is 18.3 Å². The molecule has 1 aromatic heterocycles. The molecule has 0 amide bonds. The summed E-state index contributed by atoms with van der Waals surface area (Å²) in [4.78, 5) is 9.04. The number of hydrogen-bond acceptors (Lipinski definition) is 4. The summed E-state index contributed by atoms with van der Waals surface area (Å²) in [7, 11) is 0. The van der Waals surface area contributed by atoms with Gasteiger partial charge in [-0.2, -0.15) is 5.26 Å². The highest BCUT2D eigenvalue weighted by molar-refractivity contribution is 5.46. The van der Waals surface area contributed by atoms with Crippen LogP contribution < -0.4 is 4.90 Å². The summed E-state index contributed by atoms with van der Waals surface area (Å²) < 4.78 is 0. The zero-order chi connectivity index (χ0) is 13.0. The van der Waals surface area contributed by atoms with Crippen LogP contribution in [0.3, 0.4) is 0 Å². The van der Waals surface area contributed by atoms with Crippen LogP contribution in [0, 0.1) is 18.3 Å². The Labute approximate surface area is 109 Å². The SMILES string of the molecule is CCC(C#N)N1CCN(c2ncccc2C)CC1. The standard InChI is InChI=1S/C14H20N4/c1-3-13(11-15)17-7-9-18(10-8-17)14-12(2)5-4-6-16-14/h4-6,13H,3,7-10H2,1-2H3. The van der Waals surface area contributed by atoms with Crippen molar-refractivity contribution in [1.29, 1.82) is 5.26 Å². The van der Waals surface area contributed by atoms with Crippen LogP contribution in [0.5, 0.6) is 0 Å². The van der Waals surface area contributed by atoms with Crippen LogP contribution in [0.1, 0.15) is 18.9 Å². The van der Waals surface area contributed by atoms with Crippen LogP contribution in [-0.4, -0.2) is 42.1 Å². The molecule has 1 saturated heterocycles. The maximum absolute atomic E-state index is 9.09. The summed E-state index contributed by atoms with van der Waals surface area (Å²) in [5, 5.41) is 9.09. The third kappa shape index (κ3) is 2.62. The molecule has 0 radical (unpaired) electrons. The van der Waals surface area contributed by atoms with E-state index in [1.165, 1.54) is 5.56 Å². The maximum atomic E-state index is 9.09. The van der Waals surface area contributed by atoms with Crippen molar-refractivity contribution >= 4 is 5.82 Å². The van der Waals surface area contributed by atoms with Crippen molar-refractivity contribution in [3.05, 3.63) is 23.9 Å². The van der Waals surface area contributed by atoms with Gasteiger partial charge < -0.3 is 4.90 Å². The number of aryl methyl sites for hydroxylation is 1. The minimum absolute atomic E-state index is 0.0666. The molecule has 96 valence electrons. The second-order valence-corrected chi connectivity index (χ2v) is 4.72. The number of nitrogens with zero attached hydrogens (tertiary/aromatic N) is 4. The summed E-state index contributed by atoms with van der Waals surface area (Å²) in [6, 6.07) is 6.51. The molecule has 4 heteroatoms. The van der Waals surface area contributed by atoms with Crippen molar-refractivity contribution in [1.82, 2.24) is 9.88 Å². The van der Waals surface area contributed by atoms with Gasteiger partial charge in [-0.15, -0.1) is 0 Å². The zero-order valence-corrected chi connectivity index (χ0v) is 11.1. The smallest absolute Gasteiger partial charge is 0.131 e. The Morgan fingerprint density at radius 1 is 1.39 bits per heavy atom. The second-order valence-electron chi connectivity index (χ2n) is 4.72. The lowest BCUT2D eigenvalue weighted by molar-refractivity contribution is 0.216. The minimum atomic E-state index is 0.0666. The van der Waals surface area contributed by atoms with E-state index in [0.29, 0.717) is 0 Å². The fraction of sp³-hybridized carbons (Fsp3) is 0.571. The Bertz CT molecular complexity index is 430. The predicted octanol–water partition coefficient (Wildman–Crippen LogP) is 1.81. The van der Waals surface area contributed by atoms with Crippen LogP contribution in [0.2, 0.25) is 0 Å². The molecule has 1 aromatic rings. The van der Waals surface area contributed by atoms with E-state index in [0.717, 1.165) is 38.4 Å². The van der Waals surface area contributed by atoms with E-state index in [-0.39, 0.29) is 6.04 Å². The number of aromatic nitrogens is 1. The van der Waals surface area contributed by atoms with Gasteiger partial charge in [0.05, 0.1) is 12.1 Å². The number of piperazine rings is 1. The lowest BCUT2D eigenvalue weighted by atomic mass is 10.1. The van der Waals surface area contributed by atoms with Gasteiger partial charge in [-0.3, -0.25) is 4.90 Å². The van der Waals surface area contributed by atoms with E-state index in [1.54, 1.807) is 0 Å². The van der Waals surface area contributed by atoms with E-state index in [2.05, 4.69) is 40.8 Å². The Kier molecular flexibility index (Phi) is 4.16. The Morgan fingerprint density at radius 3 is 2.67 bits per heavy atom. The van der Waals surface area contributed by atoms with Gasteiger partial charge in [0.1, 0.15) is 5.82 Å². The first-order chi connectivity index (χ1) is 8.76. The molecule has 1 aliphatic heterocycles. The highest BCUT2D eigenvalue weighted by atomic mass is 15.3. The van der Waals surface area contributed by atoms with Gasteiger partial charge in [-0.25, -0.2) is 4.98 Å². The number of pyridine rings is 1. The van der Waals surface area contributed by atoms with Gasteiger partial charge in [0, 0.05) is 32.4 Å². The molecule has 0 bridgehead atoms. The normalized spacial score (nSPS) is 18.4. The van der Waals surface area contributed by atoms with E-state index < -0.39 is 0 Å². The van der Waals surface area contributed by atoms with Crippen molar-refractivity contribution in [2.24, 2.45) is 0 Å². The Morgan fingerprint density at radius 2 is 2.11 bits per heavy atom. The molecule has 1 atom stereocenters. The van der Waals surface area contributed by atoms with Crippen LogP contribution in [0.4, 0.5) is 5.82 Å². The summed E-state index contributed by atoms with van der Waals surface area (Å²) >= 11 is 0. The molecule has 2 rings (SSSR count). The zero-order valence-electron chi connectivity index (χ0n) is 11.1. The van der Waals surface area contributed by atoms with Crippen LogP contribution >= 0.6 is 0 Å². The lowest BCUT2D eigenvalue weighted by Gasteiger charge is -2.37. The van der Waals surface area contributed by atoms with Crippen molar-refractivity contribution in [3.8, 4) is 6.07 Å². The number of hydrogen-bond donors (Lipinski definition) is 0. The molecule has 18 heavy (non-hydrogen) atoms. The highest BCUT2D eigenvalue weighted by Gasteiger charge is 2.23. The number of anilines is 1. The van der Waals surface area contributed by atoms with Crippen molar-refractivity contribution in [3.63, 3.8) is 0 Å². The molecule has 0 aliphatic carbocycles. The van der Waals surface area contributed by atoms with Crippen LogP contribution in [-0.2, 0) is 0 Å². The lowest BCUT2D eigenvalue weighted by Crippen LogP contribution is -2.50. The second kappa shape index (κ2) is 5.83. The average molecular weight is 244 g/mol. The van der Waals surface area contributed by atoms with E-state index >= 15 is 0 Å². The van der Waals surface area contributed by atoms with Crippen molar-refractivity contribution in [2.75, 3.05) is 31.1 Å². The molecule has 0 aromatic carbocycles. The molecule has 0 N–H and O–H groups in total. The largest absolute Gasteiger partial charge is 0.354 e. The summed E-state index contributed by atoms with van der Waals surface area (Å²) in [6.45, 7) is 7.97. The number of nitriles is 1. The van der Waals surface area contributed by atoms with E-state index in [9.17, 15) is 0 Å². The van der Waals surface area contributed by atoms with Gasteiger partial charge in [0.15, 0.2) is 0 Å². The van der Waals surface area contributed by atoms with Gasteiger partial charge in [0.25, 0.3) is 0 Å². The summed E-state index contributed by atoms with van der Waals surface area (Å²) in [6.07, 6.45) is 2.75. The molecule has 1 fully saturated rings. The monoisotopic (exact) mass is 244 g/mol. The molecule has 0 spiro atoms. The Balaban J connectivity index is 1.99. The maximum Gasteiger partial charge on any atom is 0.131 e. The molecule has 0 saturated carbocycles. The molecule has 2 heterocycles. The molecular formula is C14H20N4. The first-order valence-corrected chi connectivity index (χ1v) is 6.56. The predicted molar refractivity (Wildman–Crippen MR) is 72.5 cm³/mol. The highest BCUT2D eigenvalue weighted by Crippen LogP contribution is 2.18. The van der Waals surface area contributed by atoms with Gasteiger partial charge in [0.2, 0.25) is 0 Å². The van der Waals surface area contributed by atoms with Crippen LogP contribution in [0.25, 0.3) is 0 Å². The van der Waals surface area contributed by atoms with Gasteiger partial charge in [-0.05, 0) is 25.0 Å². The summed E-state index contributed by atoms with van der Waals surface area (Å²) in [5.41, 5.74) is 1.22. The third-order valence-corrected chi connectivity index (χ3v) is 3.57. The molecule has 1 unspecified atom stereocenters. The summed E-state index contributed by atoms with van der Waals surface area (Å²) in [5.74, 6) is 1.09. The number of rotatable bonds is 3. The fourth-order valence-electron chi connectivity index (χ4n) is 2.48. The molecular weight excluding hydrogens is 224 g/mol. The minimum Gasteiger partial charge on any atom is -0.354 e. The van der Waals surface area contributed by atoms with E-state index in [1.807, 2.05) is 12.3 Å². The van der Waals surface area contributed by atoms with Gasteiger partial charge in [-0.1, -0.05) is 13.0 Å². The Hall–Kier alpha value is -1.60. The van der Waals surface area contributed by atoms with Crippen molar-refractivity contribution < 1.29 is 0 Å². The molecule has 4 nitrogen and oxygen atoms in total. The third-order valence-electron chi connectivity index (χ3n) is 3.57.